The maximum Gasteiger partial charge on any atom is 0.114 e. The van der Waals surface area contributed by atoms with Gasteiger partial charge in [-0.2, -0.15) is 0 Å². The predicted molar refractivity (Wildman–Crippen MR) is 40.4 cm³/mol. The van der Waals surface area contributed by atoms with Crippen molar-refractivity contribution >= 4 is 0 Å². The van der Waals surface area contributed by atoms with Crippen LogP contribution in [0.25, 0.3) is 0 Å². The van der Waals surface area contributed by atoms with Crippen LogP contribution in [-0.2, 0) is 0 Å². The van der Waals surface area contributed by atoms with Crippen molar-refractivity contribution in [1.82, 2.24) is 0 Å². The van der Waals surface area contributed by atoms with Crippen LogP contribution in [0.15, 0.2) is 23.5 Å². The fourth-order valence-electron chi connectivity index (χ4n) is 0.481. The molecule has 0 heterocycles. The van der Waals surface area contributed by atoms with Crippen molar-refractivity contribution in [1.29, 1.82) is 0 Å². The summed E-state index contributed by atoms with van der Waals surface area (Å²) >= 11 is 0. The molecule has 52 valence electrons. The number of aliphatic hydroxyl groups excluding tert-OH is 1. The molecule has 9 heavy (non-hydrogen) atoms. The van der Waals surface area contributed by atoms with E-state index in [1.54, 1.807) is 6.08 Å². The van der Waals surface area contributed by atoms with Crippen LogP contribution in [0, 0.1) is 0 Å². The fraction of sp³-hybridized carbons (Fsp3) is 0.500. The van der Waals surface area contributed by atoms with Gasteiger partial charge in [-0.05, 0) is 31.9 Å². The van der Waals surface area contributed by atoms with E-state index < -0.39 is 0 Å². The van der Waals surface area contributed by atoms with E-state index in [2.05, 4.69) is 0 Å². The van der Waals surface area contributed by atoms with Crippen LogP contribution in [0.1, 0.15) is 27.2 Å². The molecule has 0 unspecified atom stereocenters. The molecule has 0 radical (unpaired) electrons. The van der Waals surface area contributed by atoms with Crippen molar-refractivity contribution in [3.05, 3.63) is 23.5 Å². The molecule has 0 aliphatic heterocycles. The van der Waals surface area contributed by atoms with Gasteiger partial charge in [0.2, 0.25) is 0 Å². The normalized spacial score (nSPS) is 14.1. The first-order chi connectivity index (χ1) is 4.22. The highest BCUT2D eigenvalue weighted by Gasteiger charge is 1.89. The highest BCUT2D eigenvalue weighted by atomic mass is 16.3. The van der Waals surface area contributed by atoms with Crippen molar-refractivity contribution in [3.8, 4) is 0 Å². The van der Waals surface area contributed by atoms with Crippen LogP contribution in [0.5, 0.6) is 0 Å². The second-order valence-electron chi connectivity index (χ2n) is 2.02. The largest absolute Gasteiger partial charge is 0.508 e. The standard InChI is InChI=1S/C8H14O/c1-4-6-8(9)7(3)5-2/h4,6,9H,5H2,1-3H3/b6-4-,8-7+. The van der Waals surface area contributed by atoms with Crippen LogP contribution in [0.3, 0.4) is 0 Å². The molecule has 0 aromatic rings. The third-order valence-corrected chi connectivity index (χ3v) is 1.29. The second kappa shape index (κ2) is 4.19. The number of allylic oxidation sites excluding steroid dienone is 3. The maximum atomic E-state index is 9.11. The summed E-state index contributed by atoms with van der Waals surface area (Å²) in [5, 5.41) is 9.11. The van der Waals surface area contributed by atoms with E-state index in [-0.39, 0.29) is 0 Å². The minimum Gasteiger partial charge on any atom is -0.508 e. The Hall–Kier alpha value is -0.720. The predicted octanol–water partition coefficient (Wildman–Crippen LogP) is 2.80. The summed E-state index contributed by atoms with van der Waals surface area (Å²) in [5.41, 5.74) is 1.04. The van der Waals surface area contributed by atoms with Crippen molar-refractivity contribution in [2.45, 2.75) is 27.2 Å². The Bertz CT molecular complexity index is 132. The molecule has 0 aromatic carbocycles. The zero-order valence-electron chi connectivity index (χ0n) is 6.31. The van der Waals surface area contributed by atoms with Crippen molar-refractivity contribution in [2.75, 3.05) is 0 Å². The molecular weight excluding hydrogens is 112 g/mol. The van der Waals surface area contributed by atoms with Crippen LogP contribution in [-0.4, -0.2) is 5.11 Å². The minimum absolute atomic E-state index is 0.403. The zero-order chi connectivity index (χ0) is 7.28. The molecule has 0 aliphatic rings. The third-order valence-electron chi connectivity index (χ3n) is 1.29. The lowest BCUT2D eigenvalue weighted by Crippen LogP contribution is -1.80. The Morgan fingerprint density at radius 3 is 2.44 bits per heavy atom. The van der Waals surface area contributed by atoms with Gasteiger partial charge >= 0.3 is 0 Å². The molecule has 0 spiro atoms. The third kappa shape index (κ3) is 2.96. The van der Waals surface area contributed by atoms with Crippen LogP contribution >= 0.6 is 0 Å². The van der Waals surface area contributed by atoms with Crippen LogP contribution in [0.4, 0.5) is 0 Å². The van der Waals surface area contributed by atoms with E-state index in [0.29, 0.717) is 5.76 Å². The topological polar surface area (TPSA) is 20.2 Å². The summed E-state index contributed by atoms with van der Waals surface area (Å²) < 4.78 is 0. The lowest BCUT2D eigenvalue weighted by molar-refractivity contribution is 0.423. The summed E-state index contributed by atoms with van der Waals surface area (Å²) in [6.07, 6.45) is 4.45. The quantitative estimate of drug-likeness (QED) is 0.445. The monoisotopic (exact) mass is 126 g/mol. The molecule has 0 bridgehead atoms. The van der Waals surface area contributed by atoms with Gasteiger partial charge in [-0.25, -0.2) is 0 Å². The fourth-order valence-corrected chi connectivity index (χ4v) is 0.481. The molecule has 1 N–H and O–H groups in total. The van der Waals surface area contributed by atoms with Gasteiger partial charge < -0.3 is 5.11 Å². The summed E-state index contributed by atoms with van der Waals surface area (Å²) in [7, 11) is 0. The molecule has 0 saturated carbocycles. The van der Waals surface area contributed by atoms with Crippen molar-refractivity contribution in [3.63, 3.8) is 0 Å². The molecule has 0 amide bonds. The van der Waals surface area contributed by atoms with Gasteiger partial charge in [0.05, 0.1) is 0 Å². The molecule has 0 fully saturated rings. The summed E-state index contributed by atoms with van der Waals surface area (Å²) in [6, 6.07) is 0. The maximum absolute atomic E-state index is 9.11. The Balaban J connectivity index is 4.10. The van der Waals surface area contributed by atoms with Crippen LogP contribution < -0.4 is 0 Å². The van der Waals surface area contributed by atoms with E-state index in [1.165, 1.54) is 0 Å². The number of hydrogen-bond donors (Lipinski definition) is 1. The highest BCUT2D eigenvalue weighted by Crippen LogP contribution is 2.04. The molecule has 0 aromatic heterocycles. The molecular formula is C8H14O. The molecule has 0 rings (SSSR count). The Morgan fingerprint density at radius 1 is 1.56 bits per heavy atom. The Kier molecular flexibility index (Phi) is 3.85. The van der Waals surface area contributed by atoms with E-state index in [0.717, 1.165) is 12.0 Å². The summed E-state index contributed by atoms with van der Waals surface area (Å²) in [6.45, 7) is 5.84. The molecule has 1 heteroatoms. The average Bonchev–Trinajstić information content (AvgIpc) is 1.87. The summed E-state index contributed by atoms with van der Waals surface area (Å²) in [5.74, 6) is 0.403. The lowest BCUT2D eigenvalue weighted by Gasteiger charge is -1.95. The van der Waals surface area contributed by atoms with Gasteiger partial charge in [0.1, 0.15) is 5.76 Å². The average molecular weight is 126 g/mol. The first-order valence-electron chi connectivity index (χ1n) is 3.23. The Morgan fingerprint density at radius 2 is 2.11 bits per heavy atom. The van der Waals surface area contributed by atoms with Gasteiger partial charge in [0.25, 0.3) is 0 Å². The van der Waals surface area contributed by atoms with Crippen molar-refractivity contribution < 1.29 is 5.11 Å². The molecule has 0 saturated heterocycles. The molecule has 0 aliphatic carbocycles. The first kappa shape index (κ1) is 8.28. The number of aliphatic hydroxyl groups is 1. The van der Waals surface area contributed by atoms with E-state index >= 15 is 0 Å². The van der Waals surface area contributed by atoms with Crippen LogP contribution in [0.2, 0.25) is 0 Å². The van der Waals surface area contributed by atoms with E-state index in [4.69, 9.17) is 5.11 Å². The smallest absolute Gasteiger partial charge is 0.114 e. The number of hydrogen-bond acceptors (Lipinski definition) is 1. The Labute approximate surface area is 56.7 Å². The lowest BCUT2D eigenvalue weighted by atomic mass is 10.2. The SMILES string of the molecule is C/C=C\C(O)=C(\C)CC. The van der Waals surface area contributed by atoms with Crippen molar-refractivity contribution in [2.24, 2.45) is 0 Å². The van der Waals surface area contributed by atoms with Gasteiger partial charge in [0, 0.05) is 0 Å². The summed E-state index contributed by atoms with van der Waals surface area (Å²) in [4.78, 5) is 0. The van der Waals surface area contributed by atoms with Gasteiger partial charge in [-0.1, -0.05) is 13.0 Å². The second-order valence-corrected chi connectivity index (χ2v) is 2.02. The van der Waals surface area contributed by atoms with E-state index in [1.807, 2.05) is 26.8 Å². The zero-order valence-corrected chi connectivity index (χ0v) is 6.31. The minimum atomic E-state index is 0.403. The van der Waals surface area contributed by atoms with Gasteiger partial charge in [-0.3, -0.25) is 0 Å². The van der Waals surface area contributed by atoms with Gasteiger partial charge in [-0.15, -0.1) is 0 Å². The van der Waals surface area contributed by atoms with Gasteiger partial charge in [0.15, 0.2) is 0 Å². The first-order valence-corrected chi connectivity index (χ1v) is 3.23. The van der Waals surface area contributed by atoms with E-state index in [9.17, 15) is 0 Å². The highest BCUT2D eigenvalue weighted by molar-refractivity contribution is 5.16. The molecule has 1 nitrogen and oxygen atoms in total. The molecule has 0 atom stereocenters. The number of rotatable bonds is 2.